The molecule has 2 heterocycles. The molecule has 0 saturated heterocycles. The van der Waals surface area contributed by atoms with Crippen LogP contribution in [0.2, 0.25) is 0 Å². The highest BCUT2D eigenvalue weighted by Gasteiger charge is 2.14. The molecule has 0 fully saturated rings. The largest absolute Gasteiger partial charge is 0.295 e. The topological polar surface area (TPSA) is 67.8 Å². The standard InChI is InChI=1S/C17H18N4OS2/c1-2-3-9-14-20-21-17(24-14)19-16(22)13-11-23-15(18-13)10-12-7-5-4-6-8-12/h4-8,11H,2-3,9-10H2,1H3,(H,19,21,22). The first kappa shape index (κ1) is 16.7. The molecule has 24 heavy (non-hydrogen) atoms. The van der Waals surface area contributed by atoms with Crippen LogP contribution in [0.3, 0.4) is 0 Å². The van der Waals surface area contributed by atoms with Crippen LogP contribution in [0.25, 0.3) is 0 Å². The van der Waals surface area contributed by atoms with Gasteiger partial charge in [-0.15, -0.1) is 21.5 Å². The second-order valence-electron chi connectivity index (χ2n) is 5.35. The third-order valence-corrected chi connectivity index (χ3v) is 5.16. The summed E-state index contributed by atoms with van der Waals surface area (Å²) in [6.07, 6.45) is 3.84. The predicted octanol–water partition coefficient (Wildman–Crippen LogP) is 4.18. The van der Waals surface area contributed by atoms with Gasteiger partial charge in [0.15, 0.2) is 0 Å². The van der Waals surface area contributed by atoms with E-state index in [9.17, 15) is 4.79 Å². The van der Waals surface area contributed by atoms with Crippen LogP contribution < -0.4 is 5.32 Å². The molecule has 124 valence electrons. The van der Waals surface area contributed by atoms with Crippen LogP contribution in [0, 0.1) is 0 Å². The number of benzene rings is 1. The van der Waals surface area contributed by atoms with Gasteiger partial charge in [0.25, 0.3) is 5.91 Å². The second-order valence-corrected chi connectivity index (χ2v) is 7.35. The Balaban J connectivity index is 1.60. The molecule has 2 aromatic heterocycles. The van der Waals surface area contributed by atoms with Crippen molar-refractivity contribution < 1.29 is 4.79 Å². The van der Waals surface area contributed by atoms with Gasteiger partial charge in [-0.1, -0.05) is 55.0 Å². The number of unbranched alkanes of at least 4 members (excludes halogenated alkanes) is 1. The normalized spacial score (nSPS) is 10.7. The number of carbonyl (C=O) groups is 1. The van der Waals surface area contributed by atoms with Crippen molar-refractivity contribution in [3.8, 4) is 0 Å². The lowest BCUT2D eigenvalue weighted by Crippen LogP contribution is -2.12. The van der Waals surface area contributed by atoms with Crippen molar-refractivity contribution in [2.45, 2.75) is 32.6 Å². The fraction of sp³-hybridized carbons (Fsp3) is 0.294. The molecule has 0 spiro atoms. The summed E-state index contributed by atoms with van der Waals surface area (Å²) in [5.74, 6) is -0.233. The maximum Gasteiger partial charge on any atom is 0.276 e. The van der Waals surface area contributed by atoms with Crippen molar-refractivity contribution in [1.82, 2.24) is 15.2 Å². The molecule has 0 saturated carbocycles. The van der Waals surface area contributed by atoms with Gasteiger partial charge in [-0.2, -0.15) is 0 Å². The van der Waals surface area contributed by atoms with Gasteiger partial charge in [0, 0.05) is 18.2 Å². The minimum Gasteiger partial charge on any atom is -0.295 e. The lowest BCUT2D eigenvalue weighted by molar-refractivity contribution is 0.102. The zero-order chi connectivity index (χ0) is 16.8. The SMILES string of the molecule is CCCCc1nnc(NC(=O)c2csc(Cc3ccccc3)n2)s1. The zero-order valence-corrected chi connectivity index (χ0v) is 15.0. The number of aromatic nitrogens is 3. The lowest BCUT2D eigenvalue weighted by Gasteiger charge is -1.97. The molecule has 0 aliphatic carbocycles. The minimum atomic E-state index is -0.233. The summed E-state index contributed by atoms with van der Waals surface area (Å²) in [7, 11) is 0. The quantitative estimate of drug-likeness (QED) is 0.688. The van der Waals surface area contributed by atoms with Crippen LogP contribution in [0.4, 0.5) is 5.13 Å². The number of anilines is 1. The average molecular weight is 358 g/mol. The molecule has 1 amide bonds. The molecular weight excluding hydrogens is 340 g/mol. The van der Waals surface area contributed by atoms with Crippen LogP contribution in [0.5, 0.6) is 0 Å². The summed E-state index contributed by atoms with van der Waals surface area (Å²) in [5, 5.41) is 15.1. The molecule has 0 aliphatic rings. The average Bonchev–Trinajstić information content (AvgIpc) is 3.23. The molecule has 3 rings (SSSR count). The fourth-order valence-corrected chi connectivity index (χ4v) is 3.75. The van der Waals surface area contributed by atoms with E-state index in [1.54, 1.807) is 5.38 Å². The molecular formula is C17H18N4OS2. The van der Waals surface area contributed by atoms with Crippen molar-refractivity contribution in [1.29, 1.82) is 0 Å². The summed E-state index contributed by atoms with van der Waals surface area (Å²) >= 11 is 2.92. The zero-order valence-electron chi connectivity index (χ0n) is 13.4. The molecule has 0 bridgehead atoms. The van der Waals surface area contributed by atoms with Crippen LogP contribution in [-0.4, -0.2) is 21.1 Å². The van der Waals surface area contributed by atoms with Crippen LogP contribution in [-0.2, 0) is 12.8 Å². The molecule has 0 aliphatic heterocycles. The van der Waals surface area contributed by atoms with Gasteiger partial charge >= 0.3 is 0 Å². The summed E-state index contributed by atoms with van der Waals surface area (Å²) in [6, 6.07) is 10.1. The first-order valence-electron chi connectivity index (χ1n) is 7.86. The van der Waals surface area contributed by atoms with Gasteiger partial charge in [-0.25, -0.2) is 4.98 Å². The number of aryl methyl sites for hydroxylation is 1. The Hall–Kier alpha value is -2.12. The first-order valence-corrected chi connectivity index (χ1v) is 9.56. The van der Waals surface area contributed by atoms with E-state index in [1.165, 1.54) is 28.2 Å². The highest BCUT2D eigenvalue weighted by molar-refractivity contribution is 7.15. The molecule has 1 N–H and O–H groups in total. The maximum absolute atomic E-state index is 12.3. The smallest absolute Gasteiger partial charge is 0.276 e. The van der Waals surface area contributed by atoms with Gasteiger partial charge in [0.05, 0.1) is 5.01 Å². The third kappa shape index (κ3) is 4.46. The van der Waals surface area contributed by atoms with Crippen molar-refractivity contribution in [2.24, 2.45) is 0 Å². The second kappa shape index (κ2) is 8.12. The summed E-state index contributed by atoms with van der Waals surface area (Å²) in [5.41, 5.74) is 1.61. The third-order valence-electron chi connectivity index (χ3n) is 3.41. The number of nitrogens with one attached hydrogen (secondary N) is 1. The summed E-state index contributed by atoms with van der Waals surface area (Å²) < 4.78 is 0. The van der Waals surface area contributed by atoms with Crippen LogP contribution in [0.1, 0.15) is 45.8 Å². The van der Waals surface area contributed by atoms with Gasteiger partial charge in [-0.3, -0.25) is 10.1 Å². The van der Waals surface area contributed by atoms with Crippen LogP contribution >= 0.6 is 22.7 Å². The van der Waals surface area contributed by atoms with E-state index in [2.05, 4.69) is 39.6 Å². The highest BCUT2D eigenvalue weighted by atomic mass is 32.1. The Morgan fingerprint density at radius 2 is 2.00 bits per heavy atom. The van der Waals surface area contributed by atoms with E-state index in [-0.39, 0.29) is 5.91 Å². The van der Waals surface area contributed by atoms with Gasteiger partial charge in [-0.05, 0) is 12.0 Å². The van der Waals surface area contributed by atoms with Crippen molar-refractivity contribution in [3.05, 3.63) is 57.0 Å². The lowest BCUT2D eigenvalue weighted by atomic mass is 10.2. The van der Waals surface area contributed by atoms with E-state index in [4.69, 9.17) is 0 Å². The maximum atomic E-state index is 12.3. The van der Waals surface area contributed by atoms with Crippen molar-refractivity contribution in [3.63, 3.8) is 0 Å². The molecule has 1 aromatic carbocycles. The molecule has 3 aromatic rings. The number of amides is 1. The number of carbonyl (C=O) groups excluding carboxylic acids is 1. The first-order chi connectivity index (χ1) is 11.7. The highest BCUT2D eigenvalue weighted by Crippen LogP contribution is 2.19. The van der Waals surface area contributed by atoms with E-state index in [1.807, 2.05) is 18.2 Å². The van der Waals surface area contributed by atoms with Gasteiger partial charge in [0.1, 0.15) is 10.7 Å². The summed E-state index contributed by atoms with van der Waals surface area (Å²) in [4.78, 5) is 16.7. The van der Waals surface area contributed by atoms with Crippen molar-refractivity contribution in [2.75, 3.05) is 5.32 Å². The van der Waals surface area contributed by atoms with Gasteiger partial charge < -0.3 is 0 Å². The van der Waals surface area contributed by atoms with E-state index >= 15 is 0 Å². The molecule has 0 radical (unpaired) electrons. The number of rotatable bonds is 7. The number of hydrogen-bond donors (Lipinski definition) is 1. The fourth-order valence-electron chi connectivity index (χ4n) is 2.16. The van der Waals surface area contributed by atoms with E-state index < -0.39 is 0 Å². The van der Waals surface area contributed by atoms with Gasteiger partial charge in [0.2, 0.25) is 5.13 Å². The number of thiazole rings is 1. The Morgan fingerprint density at radius 1 is 1.17 bits per heavy atom. The molecule has 5 nitrogen and oxygen atoms in total. The monoisotopic (exact) mass is 358 g/mol. The Kier molecular flexibility index (Phi) is 5.66. The summed E-state index contributed by atoms with van der Waals surface area (Å²) in [6.45, 7) is 2.14. The van der Waals surface area contributed by atoms with Crippen molar-refractivity contribution >= 4 is 33.7 Å². The molecule has 0 atom stereocenters. The molecule has 0 unspecified atom stereocenters. The predicted molar refractivity (Wildman–Crippen MR) is 97.8 cm³/mol. The number of nitrogens with zero attached hydrogens (tertiary/aromatic N) is 3. The van der Waals surface area contributed by atoms with E-state index in [0.29, 0.717) is 10.8 Å². The minimum absolute atomic E-state index is 0.233. The van der Waals surface area contributed by atoms with Crippen LogP contribution in [0.15, 0.2) is 35.7 Å². The number of hydrogen-bond acceptors (Lipinski definition) is 6. The Bertz CT molecular complexity index is 798. The van der Waals surface area contributed by atoms with E-state index in [0.717, 1.165) is 35.7 Å². The Labute approximate surface area is 148 Å². The Morgan fingerprint density at radius 3 is 2.79 bits per heavy atom. The molecule has 7 heteroatoms.